The van der Waals surface area contributed by atoms with Crippen LogP contribution in [0.25, 0.3) is 72.7 Å². The van der Waals surface area contributed by atoms with Gasteiger partial charge >= 0.3 is 0 Å². The Balaban J connectivity index is 0.00000578. The fraction of sp³-hybridized carbons (Fsp3) is 0.222. The van der Waals surface area contributed by atoms with Crippen molar-refractivity contribution in [2.75, 3.05) is 0 Å². The van der Waals surface area contributed by atoms with Crippen LogP contribution in [0.5, 0.6) is 5.75 Å². The molecule has 0 aliphatic carbocycles. The Bertz CT molecular complexity index is 2950. The molecule has 0 saturated heterocycles. The molecule has 0 aliphatic rings. The van der Waals surface area contributed by atoms with Crippen LogP contribution in [0, 0.1) is 23.5 Å². The minimum absolute atomic E-state index is 0. The predicted octanol–water partition coefficient (Wildman–Crippen LogP) is 14.6. The number of hydrogen-bond donors (Lipinski definition) is 1. The molecule has 8 aromatic rings. The zero-order valence-electron chi connectivity index (χ0n) is 36.4. The Morgan fingerprint density at radius 1 is 0.548 bits per heavy atom. The summed E-state index contributed by atoms with van der Waals surface area (Å²) in [6.07, 6.45) is 1.82. The van der Waals surface area contributed by atoms with Crippen LogP contribution in [0.15, 0.2) is 128 Å². The van der Waals surface area contributed by atoms with Crippen molar-refractivity contribution in [3.8, 4) is 67.5 Å². The number of halogens is 3. The van der Waals surface area contributed by atoms with Gasteiger partial charge in [-0.15, -0.1) is 29.3 Å². The van der Waals surface area contributed by atoms with Crippen LogP contribution in [0.1, 0.15) is 79.0 Å². The smallest absolute Gasteiger partial charge is 0.194 e. The van der Waals surface area contributed by atoms with Crippen LogP contribution in [0.2, 0.25) is 0 Å². The van der Waals surface area contributed by atoms with Crippen LogP contribution >= 0.6 is 0 Å². The van der Waals surface area contributed by atoms with Gasteiger partial charge in [-0.05, 0) is 92.6 Å². The van der Waals surface area contributed by atoms with E-state index in [1.807, 2.05) is 83.6 Å². The van der Waals surface area contributed by atoms with E-state index in [-0.39, 0.29) is 48.6 Å². The molecule has 0 aliphatic heterocycles. The Labute approximate surface area is 376 Å². The first-order valence-corrected chi connectivity index (χ1v) is 20.5. The fourth-order valence-electron chi connectivity index (χ4n) is 7.74. The third-order valence-corrected chi connectivity index (χ3v) is 11.4. The Kier molecular flexibility index (Phi) is 11.8. The number of aromatic hydroxyl groups is 1. The number of imidazole rings is 1. The largest absolute Gasteiger partial charge is 0.507 e. The molecular weight excluding hydrogens is 959 g/mol. The third-order valence-electron chi connectivity index (χ3n) is 11.4. The minimum Gasteiger partial charge on any atom is -0.507 e. The van der Waals surface area contributed by atoms with Crippen molar-refractivity contribution < 1.29 is 39.3 Å². The Morgan fingerprint density at radius 2 is 1.16 bits per heavy atom. The molecule has 8 heteroatoms. The van der Waals surface area contributed by atoms with Gasteiger partial charge in [0.1, 0.15) is 11.6 Å². The van der Waals surface area contributed by atoms with E-state index >= 15 is 8.78 Å². The zero-order valence-corrected chi connectivity index (χ0v) is 38.6. The van der Waals surface area contributed by atoms with Crippen molar-refractivity contribution in [2.24, 2.45) is 0 Å². The van der Waals surface area contributed by atoms with Gasteiger partial charge in [0.2, 0.25) is 0 Å². The summed E-state index contributed by atoms with van der Waals surface area (Å²) in [4.78, 5) is 10.2. The number of para-hydroxylation sites is 1. The van der Waals surface area contributed by atoms with Crippen molar-refractivity contribution in [1.29, 1.82) is 0 Å². The van der Waals surface area contributed by atoms with E-state index in [1.54, 1.807) is 6.07 Å². The maximum absolute atomic E-state index is 15.1. The van der Waals surface area contributed by atoms with Crippen molar-refractivity contribution in [3.63, 3.8) is 0 Å². The second-order valence-corrected chi connectivity index (χ2v) is 18.9. The first-order valence-electron chi connectivity index (χ1n) is 20.5. The number of rotatable bonds is 6. The van der Waals surface area contributed by atoms with Gasteiger partial charge in [-0.2, -0.15) is 0 Å². The van der Waals surface area contributed by atoms with Crippen LogP contribution < -0.4 is 0 Å². The van der Waals surface area contributed by atoms with Gasteiger partial charge in [-0.25, -0.2) is 18.2 Å². The molecule has 6 aromatic carbocycles. The summed E-state index contributed by atoms with van der Waals surface area (Å²) < 4.78 is 46.6. The SMILES string of the molecule is CC(C)(C)c1cc(-c2cc(-c3ccccc3)ccn2)[c-]c(-c2cccc3c2nc(-c2cc(C(C)(C)C)ccc2O)n3-c2ccc(C(C)(C)C)cc2-c2cc(F)c(F)c(F)c2)c1.[Pt]. The van der Waals surface area contributed by atoms with E-state index in [4.69, 9.17) is 9.97 Å². The van der Waals surface area contributed by atoms with Gasteiger partial charge in [-0.3, -0.25) is 9.55 Å². The molecule has 2 heterocycles. The average molecular weight is 1010 g/mol. The number of hydrogen-bond acceptors (Lipinski definition) is 3. The summed E-state index contributed by atoms with van der Waals surface area (Å²) in [5.41, 5.74) is 10.4. The van der Waals surface area contributed by atoms with Gasteiger partial charge in [-0.1, -0.05) is 134 Å². The number of pyridine rings is 1. The second kappa shape index (κ2) is 16.5. The van der Waals surface area contributed by atoms with E-state index in [0.29, 0.717) is 33.7 Å². The first kappa shape index (κ1) is 44.3. The monoisotopic (exact) mass is 1010 g/mol. The van der Waals surface area contributed by atoms with Gasteiger partial charge in [0.15, 0.2) is 17.5 Å². The molecule has 0 atom stereocenters. The van der Waals surface area contributed by atoms with Crippen molar-refractivity contribution in [1.82, 2.24) is 14.5 Å². The Hall–Kier alpha value is -5.78. The molecule has 0 bridgehead atoms. The van der Waals surface area contributed by atoms with Crippen molar-refractivity contribution >= 4 is 11.0 Å². The van der Waals surface area contributed by atoms with Crippen molar-refractivity contribution in [2.45, 2.75) is 78.6 Å². The number of nitrogens with zero attached hydrogens (tertiary/aromatic N) is 3. The molecular formula is C54H49F3N3OPt-. The number of fused-ring (bicyclic) bond motifs is 1. The van der Waals surface area contributed by atoms with E-state index in [1.165, 1.54) is 0 Å². The van der Waals surface area contributed by atoms with E-state index < -0.39 is 17.5 Å². The molecule has 2 aromatic heterocycles. The number of aromatic nitrogens is 3. The number of phenolic OH excluding ortho intramolecular Hbond substituents is 1. The second-order valence-electron chi connectivity index (χ2n) is 18.9. The zero-order chi connectivity index (χ0) is 43.6. The normalized spacial score (nSPS) is 12.1. The predicted molar refractivity (Wildman–Crippen MR) is 243 cm³/mol. The summed E-state index contributed by atoms with van der Waals surface area (Å²) in [7, 11) is 0. The van der Waals surface area contributed by atoms with E-state index in [0.717, 1.165) is 62.3 Å². The molecule has 0 fully saturated rings. The Morgan fingerprint density at radius 3 is 1.81 bits per heavy atom. The van der Waals surface area contributed by atoms with Gasteiger partial charge in [0.25, 0.3) is 0 Å². The van der Waals surface area contributed by atoms with E-state index in [9.17, 15) is 9.50 Å². The minimum atomic E-state index is -1.53. The molecule has 0 saturated carbocycles. The molecule has 1 N–H and O–H groups in total. The standard InChI is InChI=1S/C54H49F3N3O.Pt/c1-52(2,3)37-18-20-46(41(30-37)35-27-43(55)49(57)44(56)28-35)60-47-17-13-16-40(50(47)59-51(60)42-31-38(53(4,5)6)19-21-48(42)61)34-24-36(26-39(25-34)54(7,8)9)45-29-33(22-23-58-45)32-14-11-10-12-15-32;/h10-23,25-31,61H,1-9H3;/q-1;. The topological polar surface area (TPSA) is 50.9 Å². The summed E-state index contributed by atoms with van der Waals surface area (Å²) >= 11 is 0. The van der Waals surface area contributed by atoms with Crippen LogP contribution in [-0.2, 0) is 37.3 Å². The van der Waals surface area contributed by atoms with Crippen LogP contribution in [0.4, 0.5) is 13.2 Å². The molecule has 4 nitrogen and oxygen atoms in total. The summed E-state index contributed by atoms with van der Waals surface area (Å²) in [5.74, 6) is -3.67. The summed E-state index contributed by atoms with van der Waals surface area (Å²) in [6.45, 7) is 19.0. The molecule has 0 radical (unpaired) electrons. The average Bonchev–Trinajstić information content (AvgIpc) is 3.61. The summed E-state index contributed by atoms with van der Waals surface area (Å²) in [6, 6.07) is 41.6. The van der Waals surface area contributed by atoms with Gasteiger partial charge in [0, 0.05) is 38.5 Å². The van der Waals surface area contributed by atoms with Crippen LogP contribution in [-0.4, -0.2) is 19.6 Å². The molecule has 8 rings (SSSR count). The van der Waals surface area contributed by atoms with Gasteiger partial charge in [0.05, 0.1) is 22.3 Å². The molecule has 318 valence electrons. The first-order chi connectivity index (χ1) is 28.8. The maximum Gasteiger partial charge on any atom is 0.194 e. The maximum atomic E-state index is 15.1. The summed E-state index contributed by atoms with van der Waals surface area (Å²) in [5, 5.41) is 11.7. The fourth-order valence-corrected chi connectivity index (χ4v) is 7.74. The molecule has 0 amide bonds. The molecule has 0 spiro atoms. The molecule has 62 heavy (non-hydrogen) atoms. The molecule has 0 unspecified atom stereocenters. The third kappa shape index (κ3) is 8.52. The van der Waals surface area contributed by atoms with Crippen molar-refractivity contribution in [3.05, 3.63) is 168 Å². The van der Waals surface area contributed by atoms with Crippen LogP contribution in [0.3, 0.4) is 0 Å². The number of benzene rings is 6. The van der Waals surface area contributed by atoms with E-state index in [2.05, 4.69) is 98.7 Å². The quantitative estimate of drug-likeness (QED) is 0.133. The van der Waals surface area contributed by atoms with Gasteiger partial charge < -0.3 is 5.11 Å². The number of phenols is 1.